The predicted molar refractivity (Wildman–Crippen MR) is 88.0 cm³/mol. The van der Waals surface area contributed by atoms with Gasteiger partial charge in [-0.2, -0.15) is 0 Å². The van der Waals surface area contributed by atoms with E-state index in [-0.39, 0.29) is 11.9 Å². The molecule has 0 saturated heterocycles. The molecule has 0 amide bonds. The highest BCUT2D eigenvalue weighted by atomic mass is 35.5. The van der Waals surface area contributed by atoms with E-state index in [0.717, 1.165) is 17.7 Å². The van der Waals surface area contributed by atoms with Crippen LogP contribution in [0, 0.1) is 5.82 Å². The Morgan fingerprint density at radius 1 is 1.00 bits per heavy atom. The van der Waals surface area contributed by atoms with Crippen molar-refractivity contribution < 1.29 is 4.39 Å². The molecule has 2 rings (SSSR count). The van der Waals surface area contributed by atoms with Gasteiger partial charge in [-0.1, -0.05) is 53.9 Å². The molecule has 0 aromatic heterocycles. The van der Waals surface area contributed by atoms with Gasteiger partial charge >= 0.3 is 0 Å². The summed E-state index contributed by atoms with van der Waals surface area (Å²) >= 11 is 18.1. The number of nitrogens with one attached hydrogen (secondary N) is 1. The van der Waals surface area contributed by atoms with E-state index in [1.165, 1.54) is 12.1 Å². The maximum atomic E-state index is 13.2. The monoisotopic (exact) mass is 345 g/mol. The molecule has 21 heavy (non-hydrogen) atoms. The van der Waals surface area contributed by atoms with E-state index >= 15 is 0 Å². The first-order chi connectivity index (χ1) is 10.0. The van der Waals surface area contributed by atoms with Crippen molar-refractivity contribution in [1.29, 1.82) is 0 Å². The Hall–Kier alpha value is -0.800. The third kappa shape index (κ3) is 4.33. The normalized spacial score (nSPS) is 12.4. The molecule has 0 aliphatic heterocycles. The first-order valence-electron chi connectivity index (χ1n) is 6.63. The van der Waals surface area contributed by atoms with Crippen molar-refractivity contribution in [3.8, 4) is 0 Å². The zero-order chi connectivity index (χ0) is 15.4. The quantitative estimate of drug-likeness (QED) is 0.734. The van der Waals surface area contributed by atoms with Crippen molar-refractivity contribution in [1.82, 2.24) is 5.32 Å². The molecule has 5 heteroatoms. The van der Waals surface area contributed by atoms with Gasteiger partial charge in [0.1, 0.15) is 5.82 Å². The van der Waals surface area contributed by atoms with Crippen LogP contribution in [-0.4, -0.2) is 6.54 Å². The lowest BCUT2D eigenvalue weighted by atomic mass is 9.98. The Balaban J connectivity index is 2.28. The molecule has 2 aromatic carbocycles. The maximum absolute atomic E-state index is 13.2. The van der Waals surface area contributed by atoms with E-state index in [2.05, 4.69) is 5.32 Å². The van der Waals surface area contributed by atoms with Gasteiger partial charge in [-0.3, -0.25) is 0 Å². The Morgan fingerprint density at radius 3 is 2.38 bits per heavy atom. The van der Waals surface area contributed by atoms with Crippen LogP contribution >= 0.6 is 34.8 Å². The molecular weight excluding hydrogens is 332 g/mol. The van der Waals surface area contributed by atoms with E-state index in [9.17, 15) is 4.39 Å². The molecule has 0 bridgehead atoms. The number of hydrogen-bond acceptors (Lipinski definition) is 1. The van der Waals surface area contributed by atoms with Gasteiger partial charge in [0, 0.05) is 11.1 Å². The Bertz CT molecular complexity index is 631. The van der Waals surface area contributed by atoms with E-state index in [1.807, 2.05) is 19.1 Å². The van der Waals surface area contributed by atoms with Crippen molar-refractivity contribution >= 4 is 34.8 Å². The average Bonchev–Trinajstić information content (AvgIpc) is 2.42. The summed E-state index contributed by atoms with van der Waals surface area (Å²) in [7, 11) is 0. The molecule has 0 aliphatic carbocycles. The van der Waals surface area contributed by atoms with Crippen molar-refractivity contribution in [2.45, 2.75) is 19.4 Å². The second-order valence-corrected chi connectivity index (χ2v) is 5.95. The number of likely N-dealkylation sites (N-methyl/N-ethyl adjacent to an activating group) is 1. The van der Waals surface area contributed by atoms with Crippen molar-refractivity contribution in [2.75, 3.05) is 6.54 Å². The molecular formula is C16H15Cl3FN. The van der Waals surface area contributed by atoms with Gasteiger partial charge in [0.15, 0.2) is 0 Å². The molecule has 0 fully saturated rings. The Morgan fingerprint density at radius 2 is 1.76 bits per heavy atom. The number of halogens is 4. The molecule has 0 heterocycles. The minimum Gasteiger partial charge on any atom is -0.310 e. The maximum Gasteiger partial charge on any atom is 0.124 e. The molecule has 0 spiro atoms. The summed E-state index contributed by atoms with van der Waals surface area (Å²) in [6.45, 7) is 2.79. The van der Waals surface area contributed by atoms with Crippen molar-refractivity contribution in [2.24, 2.45) is 0 Å². The molecule has 2 aromatic rings. The van der Waals surface area contributed by atoms with E-state index in [4.69, 9.17) is 34.8 Å². The summed E-state index contributed by atoms with van der Waals surface area (Å²) in [5.41, 5.74) is 1.90. The second kappa shape index (κ2) is 7.46. The highest BCUT2D eigenvalue weighted by molar-refractivity contribution is 6.42. The van der Waals surface area contributed by atoms with E-state index < -0.39 is 0 Å². The number of benzene rings is 2. The van der Waals surface area contributed by atoms with Gasteiger partial charge in [-0.05, 0) is 48.4 Å². The van der Waals surface area contributed by atoms with E-state index in [1.54, 1.807) is 12.1 Å². The molecule has 0 saturated carbocycles. The summed E-state index contributed by atoms with van der Waals surface area (Å²) in [4.78, 5) is 0. The lowest BCUT2D eigenvalue weighted by Gasteiger charge is -2.20. The van der Waals surface area contributed by atoms with Crippen molar-refractivity contribution in [3.05, 3.63) is 68.4 Å². The molecule has 1 nitrogen and oxygen atoms in total. The highest BCUT2D eigenvalue weighted by Crippen LogP contribution is 2.29. The van der Waals surface area contributed by atoms with Crippen LogP contribution in [0.3, 0.4) is 0 Å². The molecule has 1 unspecified atom stereocenters. The minimum atomic E-state index is -0.339. The van der Waals surface area contributed by atoms with Crippen LogP contribution in [0.4, 0.5) is 4.39 Å². The van der Waals surface area contributed by atoms with Gasteiger partial charge in [-0.15, -0.1) is 0 Å². The van der Waals surface area contributed by atoms with Crippen molar-refractivity contribution in [3.63, 3.8) is 0 Å². The van der Waals surface area contributed by atoms with Crippen LogP contribution in [-0.2, 0) is 6.42 Å². The fraction of sp³-hybridized carbons (Fsp3) is 0.250. The number of rotatable bonds is 5. The van der Waals surface area contributed by atoms with Gasteiger partial charge < -0.3 is 5.32 Å². The smallest absolute Gasteiger partial charge is 0.124 e. The fourth-order valence-corrected chi connectivity index (χ4v) is 2.84. The summed E-state index contributed by atoms with van der Waals surface area (Å²) in [5, 5.41) is 4.83. The topological polar surface area (TPSA) is 12.0 Å². The molecule has 1 atom stereocenters. The first kappa shape index (κ1) is 16.6. The minimum absolute atomic E-state index is 0.0136. The summed E-state index contributed by atoms with van der Waals surface area (Å²) in [6.07, 6.45) is 0.691. The van der Waals surface area contributed by atoms with Crippen LogP contribution < -0.4 is 5.32 Å². The van der Waals surface area contributed by atoms with Crippen LogP contribution in [0.25, 0.3) is 0 Å². The van der Waals surface area contributed by atoms with Crippen LogP contribution in [0.5, 0.6) is 0 Å². The van der Waals surface area contributed by atoms with Crippen LogP contribution in [0.15, 0.2) is 36.4 Å². The SMILES string of the molecule is CCNC(Cc1ccc(Cl)c(Cl)c1)c1ccc(F)cc1Cl. The summed E-state index contributed by atoms with van der Waals surface area (Å²) in [6, 6.07) is 9.98. The van der Waals surface area contributed by atoms with E-state index in [0.29, 0.717) is 21.5 Å². The third-order valence-electron chi connectivity index (χ3n) is 3.21. The predicted octanol–water partition coefficient (Wildman–Crippen LogP) is 5.68. The van der Waals surface area contributed by atoms with Gasteiger partial charge in [0.25, 0.3) is 0 Å². The fourth-order valence-electron chi connectivity index (χ4n) is 2.22. The summed E-state index contributed by atoms with van der Waals surface area (Å²) in [5.74, 6) is -0.339. The zero-order valence-corrected chi connectivity index (χ0v) is 13.7. The standard InChI is InChI=1S/C16H15Cl3FN/c1-2-21-16(12-5-4-11(20)9-14(12)18)8-10-3-6-13(17)15(19)7-10/h3-7,9,16,21H,2,8H2,1H3. The Kier molecular flexibility index (Phi) is 5.88. The first-order valence-corrected chi connectivity index (χ1v) is 7.77. The highest BCUT2D eigenvalue weighted by Gasteiger charge is 2.15. The largest absolute Gasteiger partial charge is 0.310 e. The van der Waals surface area contributed by atoms with Crippen LogP contribution in [0.1, 0.15) is 24.1 Å². The third-order valence-corrected chi connectivity index (χ3v) is 4.28. The van der Waals surface area contributed by atoms with Gasteiger partial charge in [-0.25, -0.2) is 4.39 Å². The lowest BCUT2D eigenvalue weighted by Crippen LogP contribution is -2.23. The second-order valence-electron chi connectivity index (χ2n) is 4.73. The molecule has 0 aliphatic rings. The lowest BCUT2D eigenvalue weighted by molar-refractivity contribution is 0.547. The summed E-state index contributed by atoms with van der Waals surface area (Å²) < 4.78 is 13.2. The molecule has 0 radical (unpaired) electrons. The molecule has 1 N–H and O–H groups in total. The Labute approximate surface area is 139 Å². The van der Waals surface area contributed by atoms with Gasteiger partial charge in [0.2, 0.25) is 0 Å². The molecule has 112 valence electrons. The zero-order valence-electron chi connectivity index (χ0n) is 11.5. The van der Waals surface area contributed by atoms with Gasteiger partial charge in [0.05, 0.1) is 10.0 Å². The number of hydrogen-bond donors (Lipinski definition) is 1. The van der Waals surface area contributed by atoms with Crippen LogP contribution in [0.2, 0.25) is 15.1 Å². The average molecular weight is 347 g/mol.